The van der Waals surface area contributed by atoms with Gasteiger partial charge in [-0.05, 0) is 66.2 Å². The summed E-state index contributed by atoms with van der Waals surface area (Å²) in [5, 5.41) is 16.0. The molecule has 2 atom stereocenters. The maximum atomic E-state index is 13.9. The van der Waals surface area contributed by atoms with Crippen LogP contribution in [0.3, 0.4) is 0 Å². The number of aromatic amines is 1. The molecule has 0 saturated carbocycles. The van der Waals surface area contributed by atoms with Crippen molar-refractivity contribution in [3.05, 3.63) is 75.9 Å². The quantitative estimate of drug-likeness (QED) is 0.166. The predicted molar refractivity (Wildman–Crippen MR) is 184 cm³/mol. The van der Waals surface area contributed by atoms with Crippen molar-refractivity contribution in [3.8, 4) is 39.8 Å². The number of nitrogens with zero attached hydrogens (tertiary/aromatic N) is 2. The molecule has 1 aromatic heterocycles. The molecule has 3 aromatic carbocycles. The van der Waals surface area contributed by atoms with E-state index in [2.05, 4.69) is 31.1 Å². The Morgan fingerprint density at radius 1 is 1.04 bits per heavy atom. The van der Waals surface area contributed by atoms with Gasteiger partial charge in [0.05, 0.1) is 33.1 Å². The Labute approximate surface area is 277 Å². The molecule has 2 amide bonds. The van der Waals surface area contributed by atoms with Gasteiger partial charge in [-0.25, -0.2) is 0 Å². The third-order valence-electron chi connectivity index (χ3n) is 7.94. The second kappa shape index (κ2) is 15.0. The average Bonchev–Trinajstić information content (AvgIpc) is 3.42. The van der Waals surface area contributed by atoms with Crippen LogP contribution in [0, 0.1) is 0 Å². The molecule has 1 heterocycles. The molecular weight excluding hydrogens is 620 g/mol. The van der Waals surface area contributed by atoms with Crippen molar-refractivity contribution in [1.82, 2.24) is 20.5 Å². The molecule has 0 spiro atoms. The van der Waals surface area contributed by atoms with Crippen LogP contribution in [0.5, 0.6) is 17.2 Å². The summed E-state index contributed by atoms with van der Waals surface area (Å²) >= 11 is 1.59. The molecule has 1 aliphatic carbocycles. The average molecular weight is 659 g/mol. The summed E-state index contributed by atoms with van der Waals surface area (Å²) in [4.78, 5) is 44.1. The van der Waals surface area contributed by atoms with Gasteiger partial charge >= 0.3 is 0 Å². The van der Waals surface area contributed by atoms with Gasteiger partial charge in [-0.15, -0.1) is 5.10 Å². The van der Waals surface area contributed by atoms with Crippen LogP contribution >= 0.6 is 11.8 Å². The number of benzene rings is 2. The zero-order chi connectivity index (χ0) is 33.5. The minimum atomic E-state index is -0.770. The molecule has 0 fully saturated rings. The number of amides is 2. The number of hydrogen-bond acceptors (Lipinski definition) is 10. The lowest BCUT2D eigenvalue weighted by molar-refractivity contribution is -0.120. The molecule has 0 saturated heterocycles. The van der Waals surface area contributed by atoms with Crippen LogP contribution in [0.15, 0.2) is 59.4 Å². The highest BCUT2D eigenvalue weighted by Crippen LogP contribution is 2.50. The Balaban J connectivity index is 1.54. The Kier molecular flexibility index (Phi) is 10.7. The third kappa shape index (κ3) is 7.35. The smallest absolute Gasteiger partial charge is 0.249 e. The number of methoxy groups -OCH3 is 3. The number of fused-ring (bicyclic) bond motifs is 3. The van der Waals surface area contributed by atoms with Crippen LogP contribution in [-0.2, 0) is 16.0 Å². The van der Waals surface area contributed by atoms with Gasteiger partial charge in [-0.3, -0.25) is 24.8 Å². The molecule has 4 N–H and O–H groups in total. The molecule has 0 bridgehead atoms. The standard InChI is InChI=1S/C34H38N6O6S/c1-19(41)35-24-13-11-21-17-28(44-2)30(45-3)31(46-4)29(21)22-12-14-25(27(42)18-23(22)24)36-26(15-16-47-5)33(43)38-34-37-32(39-40-34)20-9-7-6-8-10-20/h6-10,12,14,17-18,24,26H,11,13,15-16H2,1-5H3,(H,35,41)(H,36,42)(H2,37,38,39,40,43). The lowest BCUT2D eigenvalue weighted by atomic mass is 9.95. The van der Waals surface area contributed by atoms with E-state index in [0.717, 1.165) is 16.7 Å². The largest absolute Gasteiger partial charge is 0.493 e. The Morgan fingerprint density at radius 2 is 1.81 bits per heavy atom. The van der Waals surface area contributed by atoms with E-state index in [-0.39, 0.29) is 28.9 Å². The second-order valence-electron chi connectivity index (χ2n) is 10.9. The number of carbonyl (C=O) groups is 2. The Morgan fingerprint density at radius 3 is 2.49 bits per heavy atom. The molecule has 1 aliphatic rings. The number of ether oxygens (including phenoxy) is 3. The number of thioether (sulfide) groups is 1. The van der Waals surface area contributed by atoms with Crippen molar-refractivity contribution in [1.29, 1.82) is 0 Å². The molecule has 2 unspecified atom stereocenters. The van der Waals surface area contributed by atoms with E-state index in [9.17, 15) is 14.4 Å². The zero-order valence-corrected chi connectivity index (χ0v) is 27.7. The summed E-state index contributed by atoms with van der Waals surface area (Å²) in [6.45, 7) is 1.45. The van der Waals surface area contributed by atoms with E-state index in [1.807, 2.05) is 48.7 Å². The fourth-order valence-corrected chi connectivity index (χ4v) is 6.23. The first kappa shape index (κ1) is 33.3. The second-order valence-corrected chi connectivity index (χ2v) is 11.9. The number of H-pyrrole nitrogens is 1. The monoisotopic (exact) mass is 658 g/mol. The molecule has 246 valence electrons. The number of nitrogens with one attached hydrogen (secondary N) is 4. The minimum Gasteiger partial charge on any atom is -0.493 e. The number of aryl methyl sites for hydroxylation is 1. The van der Waals surface area contributed by atoms with Crippen LogP contribution in [0.2, 0.25) is 0 Å². The van der Waals surface area contributed by atoms with Crippen LogP contribution in [0.25, 0.3) is 22.5 Å². The molecular formula is C34H38N6O6S. The highest BCUT2D eigenvalue weighted by molar-refractivity contribution is 7.98. The normalized spacial score (nSPS) is 14.1. The summed E-state index contributed by atoms with van der Waals surface area (Å²) in [6, 6.07) is 15.1. The number of rotatable bonds is 12. The van der Waals surface area contributed by atoms with Gasteiger partial charge < -0.3 is 24.8 Å². The number of hydrogen-bond donors (Lipinski definition) is 4. The van der Waals surface area contributed by atoms with Gasteiger partial charge in [-0.2, -0.15) is 16.7 Å². The highest BCUT2D eigenvalue weighted by atomic mass is 32.2. The SMILES string of the molecule is COc1cc2c(c(OC)c1OC)-c1ccc(NC(CCSC)C(=O)Nc3n[nH]c(-c4ccccc4)n3)c(=O)cc1C(NC(C)=O)CC2. The van der Waals surface area contributed by atoms with Gasteiger partial charge in [-0.1, -0.05) is 36.4 Å². The van der Waals surface area contributed by atoms with Crippen LogP contribution in [-0.4, -0.2) is 66.4 Å². The molecule has 4 aromatic rings. The fraction of sp³-hybridized carbons (Fsp3) is 0.324. The first-order chi connectivity index (χ1) is 22.8. The maximum Gasteiger partial charge on any atom is 0.249 e. The highest BCUT2D eigenvalue weighted by Gasteiger charge is 2.30. The minimum absolute atomic E-state index is 0.128. The molecule has 5 rings (SSSR count). The molecule has 13 heteroatoms. The van der Waals surface area contributed by atoms with Crippen molar-refractivity contribution in [2.45, 2.75) is 38.3 Å². The van der Waals surface area contributed by atoms with Crippen LogP contribution < -0.4 is 35.6 Å². The topological polar surface area (TPSA) is 157 Å². The molecule has 0 radical (unpaired) electrons. The summed E-state index contributed by atoms with van der Waals surface area (Å²) < 4.78 is 17.2. The summed E-state index contributed by atoms with van der Waals surface area (Å²) in [7, 11) is 4.65. The van der Waals surface area contributed by atoms with Gasteiger partial charge in [0.15, 0.2) is 17.3 Å². The van der Waals surface area contributed by atoms with Gasteiger partial charge in [0.25, 0.3) is 0 Å². The zero-order valence-electron chi connectivity index (χ0n) is 26.9. The third-order valence-corrected chi connectivity index (χ3v) is 8.58. The van der Waals surface area contributed by atoms with Crippen molar-refractivity contribution in [3.63, 3.8) is 0 Å². The van der Waals surface area contributed by atoms with Gasteiger partial charge in [0.2, 0.25) is 28.9 Å². The van der Waals surface area contributed by atoms with E-state index >= 15 is 0 Å². The van der Waals surface area contributed by atoms with Crippen molar-refractivity contribution in [2.24, 2.45) is 0 Å². The molecule has 12 nitrogen and oxygen atoms in total. The van der Waals surface area contributed by atoms with E-state index in [1.54, 1.807) is 32.0 Å². The van der Waals surface area contributed by atoms with Gasteiger partial charge in [0, 0.05) is 18.1 Å². The summed E-state index contributed by atoms with van der Waals surface area (Å²) in [5.41, 5.74) is 3.69. The van der Waals surface area contributed by atoms with Crippen molar-refractivity contribution < 1.29 is 23.8 Å². The number of carbonyl (C=O) groups excluding carboxylic acids is 2. The maximum absolute atomic E-state index is 13.9. The molecule has 0 aliphatic heterocycles. The van der Waals surface area contributed by atoms with E-state index in [1.165, 1.54) is 20.1 Å². The Bertz CT molecular complexity index is 1820. The Hall–Kier alpha value is -5.04. The fourth-order valence-electron chi connectivity index (χ4n) is 5.76. The van der Waals surface area contributed by atoms with Crippen LogP contribution in [0.1, 0.15) is 36.9 Å². The van der Waals surface area contributed by atoms with Crippen LogP contribution in [0.4, 0.5) is 11.6 Å². The number of anilines is 2. The lowest BCUT2D eigenvalue weighted by Crippen LogP contribution is -2.36. The van der Waals surface area contributed by atoms with E-state index < -0.39 is 12.1 Å². The summed E-state index contributed by atoms with van der Waals surface area (Å²) in [6.07, 6.45) is 3.50. The first-order valence-corrected chi connectivity index (χ1v) is 16.5. The predicted octanol–water partition coefficient (Wildman–Crippen LogP) is 4.82. The summed E-state index contributed by atoms with van der Waals surface area (Å²) in [5.74, 6) is 2.09. The first-order valence-electron chi connectivity index (χ1n) is 15.1. The van der Waals surface area contributed by atoms with E-state index in [0.29, 0.717) is 59.2 Å². The van der Waals surface area contributed by atoms with E-state index in [4.69, 9.17) is 14.2 Å². The van der Waals surface area contributed by atoms with Crippen molar-refractivity contribution in [2.75, 3.05) is 44.0 Å². The lowest BCUT2D eigenvalue weighted by Gasteiger charge is -2.19. The van der Waals surface area contributed by atoms with Gasteiger partial charge in [0.1, 0.15) is 6.04 Å². The molecule has 47 heavy (non-hydrogen) atoms. The van der Waals surface area contributed by atoms with Crippen molar-refractivity contribution >= 4 is 35.2 Å². The number of aromatic nitrogens is 3.